The summed E-state index contributed by atoms with van der Waals surface area (Å²) in [6.45, 7) is 5.45. The van der Waals surface area contributed by atoms with E-state index in [1.165, 1.54) is 4.88 Å². The zero-order chi connectivity index (χ0) is 19.3. The summed E-state index contributed by atoms with van der Waals surface area (Å²) in [6, 6.07) is 7.91. The Morgan fingerprint density at radius 1 is 1.18 bits per heavy atom. The van der Waals surface area contributed by atoms with E-state index in [9.17, 15) is 4.79 Å². The molecule has 2 aromatic rings. The van der Waals surface area contributed by atoms with E-state index >= 15 is 0 Å². The van der Waals surface area contributed by atoms with Crippen LogP contribution in [-0.4, -0.2) is 55.1 Å². The Morgan fingerprint density at radius 3 is 2.79 bits per heavy atom. The van der Waals surface area contributed by atoms with Crippen LogP contribution in [0.2, 0.25) is 5.02 Å². The Kier molecular flexibility index (Phi) is 6.20. The molecule has 2 aliphatic rings. The van der Waals surface area contributed by atoms with Crippen molar-refractivity contribution in [3.05, 3.63) is 51.2 Å². The minimum absolute atomic E-state index is 0.0269. The predicted octanol–water partition coefficient (Wildman–Crippen LogP) is 3.92. The van der Waals surface area contributed by atoms with Crippen LogP contribution in [0, 0.1) is 0 Å². The fourth-order valence-electron chi connectivity index (χ4n) is 3.37. The first kappa shape index (κ1) is 19.3. The smallest absolute Gasteiger partial charge is 0.246 e. The second kappa shape index (κ2) is 8.99. The number of carbonyl (C=O) groups is 1. The third-order valence-corrected chi connectivity index (χ3v) is 6.03. The normalized spacial score (nSPS) is 17.7. The third kappa shape index (κ3) is 4.69. The van der Waals surface area contributed by atoms with Gasteiger partial charge < -0.3 is 14.4 Å². The molecule has 0 atom stereocenters. The second-order valence-corrected chi connectivity index (χ2v) is 8.33. The van der Waals surface area contributed by atoms with Gasteiger partial charge in [-0.2, -0.15) is 0 Å². The van der Waals surface area contributed by atoms with Gasteiger partial charge in [0.1, 0.15) is 0 Å². The zero-order valence-corrected chi connectivity index (χ0v) is 17.2. The number of hydrogen-bond acceptors (Lipinski definition) is 5. The highest BCUT2D eigenvalue weighted by Crippen LogP contribution is 2.38. The van der Waals surface area contributed by atoms with Gasteiger partial charge in [0.15, 0.2) is 11.5 Å². The summed E-state index contributed by atoms with van der Waals surface area (Å²) >= 11 is 8.10. The number of piperazine rings is 1. The van der Waals surface area contributed by atoms with Crippen molar-refractivity contribution < 1.29 is 14.3 Å². The van der Waals surface area contributed by atoms with Crippen LogP contribution in [0.25, 0.3) is 6.08 Å². The maximum absolute atomic E-state index is 12.6. The van der Waals surface area contributed by atoms with Gasteiger partial charge in [0.05, 0.1) is 18.2 Å². The molecule has 148 valence electrons. The van der Waals surface area contributed by atoms with E-state index < -0.39 is 0 Å². The van der Waals surface area contributed by atoms with Crippen molar-refractivity contribution in [2.45, 2.75) is 13.0 Å². The number of ether oxygens (including phenoxy) is 2. The van der Waals surface area contributed by atoms with Crippen LogP contribution in [0.4, 0.5) is 0 Å². The molecule has 1 fully saturated rings. The van der Waals surface area contributed by atoms with Crippen molar-refractivity contribution in [1.29, 1.82) is 0 Å². The van der Waals surface area contributed by atoms with Crippen molar-refractivity contribution in [2.24, 2.45) is 0 Å². The molecule has 1 amide bonds. The molecule has 0 radical (unpaired) electrons. The van der Waals surface area contributed by atoms with E-state index in [0.717, 1.165) is 44.7 Å². The van der Waals surface area contributed by atoms with Crippen molar-refractivity contribution in [1.82, 2.24) is 9.80 Å². The molecule has 7 heteroatoms. The number of benzene rings is 1. The number of fused-ring (bicyclic) bond motifs is 1. The molecule has 0 spiro atoms. The van der Waals surface area contributed by atoms with E-state index in [-0.39, 0.29) is 5.91 Å². The number of thiophene rings is 1. The van der Waals surface area contributed by atoms with Crippen molar-refractivity contribution in [3.8, 4) is 11.5 Å². The lowest BCUT2D eigenvalue weighted by molar-refractivity contribution is -0.127. The van der Waals surface area contributed by atoms with Crippen LogP contribution >= 0.6 is 22.9 Å². The van der Waals surface area contributed by atoms with Gasteiger partial charge in [0, 0.05) is 50.1 Å². The largest absolute Gasteiger partial charge is 0.489 e. The van der Waals surface area contributed by atoms with E-state index in [0.29, 0.717) is 29.7 Å². The summed E-state index contributed by atoms with van der Waals surface area (Å²) in [5.41, 5.74) is 0.832. The zero-order valence-electron chi connectivity index (χ0n) is 15.6. The van der Waals surface area contributed by atoms with Gasteiger partial charge >= 0.3 is 0 Å². The summed E-state index contributed by atoms with van der Waals surface area (Å²) in [4.78, 5) is 18.2. The van der Waals surface area contributed by atoms with Crippen molar-refractivity contribution in [3.63, 3.8) is 0 Å². The lowest BCUT2D eigenvalue weighted by Crippen LogP contribution is -2.47. The minimum atomic E-state index is 0.0269. The lowest BCUT2D eigenvalue weighted by atomic mass is 10.1. The molecule has 0 aliphatic carbocycles. The Labute approximate surface area is 174 Å². The van der Waals surface area contributed by atoms with Gasteiger partial charge in [-0.05, 0) is 35.2 Å². The summed E-state index contributed by atoms with van der Waals surface area (Å²) in [5, 5.41) is 2.61. The maximum atomic E-state index is 12.6. The van der Waals surface area contributed by atoms with Crippen LogP contribution in [0.1, 0.15) is 16.9 Å². The number of hydrogen-bond donors (Lipinski definition) is 0. The minimum Gasteiger partial charge on any atom is -0.489 e. The van der Waals surface area contributed by atoms with Crippen LogP contribution in [0.5, 0.6) is 11.5 Å². The number of nitrogens with zero attached hydrogens (tertiary/aromatic N) is 2. The Bertz CT molecular complexity index is 846. The van der Waals surface area contributed by atoms with Gasteiger partial charge in [-0.3, -0.25) is 9.69 Å². The standard InChI is InChI=1S/C21H23ClN2O3S/c22-18-13-16(14-19-21(18)27-11-2-10-26-19)4-5-20(25)24-8-6-23(7-9-24)15-17-3-1-12-28-17/h1,3-5,12-14H,2,6-11,15H2/b5-4+. The quantitative estimate of drug-likeness (QED) is 0.706. The average Bonchev–Trinajstić information content (AvgIpc) is 3.09. The van der Waals surface area contributed by atoms with Gasteiger partial charge in [-0.25, -0.2) is 0 Å². The summed E-state index contributed by atoms with van der Waals surface area (Å²) in [7, 11) is 0. The molecule has 28 heavy (non-hydrogen) atoms. The average molecular weight is 419 g/mol. The SMILES string of the molecule is O=C(/C=C/c1cc(Cl)c2c(c1)OCCCO2)N1CCN(Cc2cccs2)CC1. The predicted molar refractivity (Wildman–Crippen MR) is 112 cm³/mol. The molecule has 3 heterocycles. The van der Waals surface area contributed by atoms with E-state index in [1.807, 2.05) is 11.0 Å². The molecule has 0 bridgehead atoms. The van der Waals surface area contributed by atoms with Gasteiger partial charge in [-0.1, -0.05) is 17.7 Å². The molecule has 0 unspecified atom stereocenters. The third-order valence-electron chi connectivity index (χ3n) is 4.89. The highest BCUT2D eigenvalue weighted by Gasteiger charge is 2.20. The van der Waals surface area contributed by atoms with Gasteiger partial charge in [-0.15, -0.1) is 11.3 Å². The topological polar surface area (TPSA) is 42.0 Å². The first-order valence-corrected chi connectivity index (χ1v) is 10.8. The van der Waals surface area contributed by atoms with Crippen molar-refractivity contribution in [2.75, 3.05) is 39.4 Å². The van der Waals surface area contributed by atoms with E-state index in [2.05, 4.69) is 22.4 Å². The van der Waals surface area contributed by atoms with Gasteiger partial charge in [0.2, 0.25) is 5.91 Å². The molecule has 5 nitrogen and oxygen atoms in total. The molecule has 1 aromatic heterocycles. The fraction of sp³-hybridized carbons (Fsp3) is 0.381. The highest BCUT2D eigenvalue weighted by molar-refractivity contribution is 7.09. The highest BCUT2D eigenvalue weighted by atomic mass is 35.5. The molecule has 0 N–H and O–H groups in total. The summed E-state index contributed by atoms with van der Waals surface area (Å²) in [5.74, 6) is 1.25. The summed E-state index contributed by atoms with van der Waals surface area (Å²) < 4.78 is 11.3. The maximum Gasteiger partial charge on any atom is 0.246 e. The number of halogens is 1. The van der Waals surface area contributed by atoms with Crippen LogP contribution in [-0.2, 0) is 11.3 Å². The second-order valence-electron chi connectivity index (χ2n) is 6.89. The van der Waals surface area contributed by atoms with E-state index in [4.69, 9.17) is 21.1 Å². The van der Waals surface area contributed by atoms with Crippen LogP contribution < -0.4 is 9.47 Å². The molecule has 2 aliphatic heterocycles. The number of carbonyl (C=O) groups excluding carboxylic acids is 1. The molecule has 0 saturated carbocycles. The number of rotatable bonds is 4. The first-order chi connectivity index (χ1) is 13.7. The van der Waals surface area contributed by atoms with Crippen LogP contribution in [0.15, 0.2) is 35.7 Å². The molecule has 1 aromatic carbocycles. The molecular weight excluding hydrogens is 396 g/mol. The Morgan fingerprint density at radius 2 is 2.00 bits per heavy atom. The first-order valence-electron chi connectivity index (χ1n) is 9.50. The van der Waals surface area contributed by atoms with Crippen molar-refractivity contribution >= 4 is 34.9 Å². The Hall–Kier alpha value is -2.02. The van der Waals surface area contributed by atoms with Crippen LogP contribution in [0.3, 0.4) is 0 Å². The number of amides is 1. The molecule has 1 saturated heterocycles. The fourth-order valence-corrected chi connectivity index (χ4v) is 4.39. The Balaban J connectivity index is 1.34. The lowest BCUT2D eigenvalue weighted by Gasteiger charge is -2.34. The monoisotopic (exact) mass is 418 g/mol. The molecule has 4 rings (SSSR count). The van der Waals surface area contributed by atoms with E-state index in [1.54, 1.807) is 29.6 Å². The summed E-state index contributed by atoms with van der Waals surface area (Å²) in [6.07, 6.45) is 4.23. The van der Waals surface area contributed by atoms with Gasteiger partial charge in [0.25, 0.3) is 0 Å². The molecular formula is C21H23ClN2O3S.